The van der Waals surface area contributed by atoms with Crippen molar-refractivity contribution in [2.24, 2.45) is 5.73 Å². The number of rotatable bonds is 3. The molecule has 19 heavy (non-hydrogen) atoms. The number of amides is 1. The molecular weight excluding hydrogens is 240 g/mol. The van der Waals surface area contributed by atoms with Gasteiger partial charge in [-0.15, -0.1) is 0 Å². The summed E-state index contributed by atoms with van der Waals surface area (Å²) >= 11 is 0. The first-order valence-electron chi connectivity index (χ1n) is 6.72. The van der Waals surface area contributed by atoms with Crippen molar-refractivity contribution in [3.63, 3.8) is 0 Å². The number of nitrogens with one attached hydrogen (secondary N) is 1. The first-order chi connectivity index (χ1) is 9.01. The summed E-state index contributed by atoms with van der Waals surface area (Å²) in [5, 5.41) is 2.95. The maximum absolute atomic E-state index is 12.2. The maximum Gasteiger partial charge on any atom is 0.240 e. The Morgan fingerprint density at radius 3 is 2.68 bits per heavy atom. The van der Waals surface area contributed by atoms with Crippen LogP contribution in [-0.4, -0.2) is 24.7 Å². The number of ether oxygens (including phenoxy) is 1. The average molecular weight is 262 g/mol. The minimum atomic E-state index is -0.767. The molecule has 4 heteroatoms. The van der Waals surface area contributed by atoms with Crippen LogP contribution in [0.25, 0.3) is 0 Å². The van der Waals surface area contributed by atoms with E-state index in [-0.39, 0.29) is 5.91 Å². The lowest BCUT2D eigenvalue weighted by Gasteiger charge is -2.31. The molecule has 4 nitrogen and oxygen atoms in total. The van der Waals surface area contributed by atoms with Crippen molar-refractivity contribution in [2.75, 3.05) is 13.2 Å². The van der Waals surface area contributed by atoms with E-state index in [1.807, 2.05) is 0 Å². The molecule has 1 aliphatic heterocycles. The molecule has 0 unspecified atom stereocenters. The molecule has 0 radical (unpaired) electrons. The van der Waals surface area contributed by atoms with Crippen LogP contribution >= 0.6 is 0 Å². The number of aryl methyl sites for hydroxylation is 2. The highest BCUT2D eigenvalue weighted by molar-refractivity contribution is 5.86. The van der Waals surface area contributed by atoms with Gasteiger partial charge in [-0.2, -0.15) is 0 Å². The maximum atomic E-state index is 12.2. The second-order valence-electron chi connectivity index (χ2n) is 5.38. The van der Waals surface area contributed by atoms with Crippen molar-refractivity contribution in [3.8, 4) is 0 Å². The van der Waals surface area contributed by atoms with Crippen molar-refractivity contribution in [1.82, 2.24) is 5.32 Å². The van der Waals surface area contributed by atoms with Crippen LogP contribution in [0.2, 0.25) is 0 Å². The number of hydrogen-bond acceptors (Lipinski definition) is 3. The fraction of sp³-hybridized carbons (Fsp3) is 0.533. The molecule has 2 rings (SSSR count). The summed E-state index contributed by atoms with van der Waals surface area (Å²) in [6, 6.07) is 6.23. The average Bonchev–Trinajstić information content (AvgIpc) is 2.38. The van der Waals surface area contributed by atoms with Gasteiger partial charge in [-0.25, -0.2) is 0 Å². The zero-order valence-corrected chi connectivity index (χ0v) is 11.7. The van der Waals surface area contributed by atoms with Crippen LogP contribution in [0.3, 0.4) is 0 Å². The van der Waals surface area contributed by atoms with Gasteiger partial charge in [0.1, 0.15) is 0 Å². The van der Waals surface area contributed by atoms with E-state index in [4.69, 9.17) is 10.5 Å². The van der Waals surface area contributed by atoms with E-state index in [2.05, 4.69) is 37.4 Å². The number of carbonyl (C=O) groups is 1. The van der Waals surface area contributed by atoms with Crippen LogP contribution in [0, 0.1) is 13.8 Å². The number of hydrogen-bond donors (Lipinski definition) is 2. The molecule has 3 N–H and O–H groups in total. The summed E-state index contributed by atoms with van der Waals surface area (Å²) in [4.78, 5) is 12.2. The van der Waals surface area contributed by atoms with Gasteiger partial charge < -0.3 is 15.8 Å². The number of carbonyl (C=O) groups excluding carboxylic acids is 1. The van der Waals surface area contributed by atoms with Gasteiger partial charge in [-0.3, -0.25) is 4.79 Å². The molecule has 0 aliphatic carbocycles. The second kappa shape index (κ2) is 5.72. The van der Waals surface area contributed by atoms with Gasteiger partial charge in [0.25, 0.3) is 0 Å². The lowest BCUT2D eigenvalue weighted by Crippen LogP contribution is -2.56. The van der Waals surface area contributed by atoms with Crippen LogP contribution in [0.4, 0.5) is 0 Å². The summed E-state index contributed by atoms with van der Waals surface area (Å²) in [7, 11) is 0. The van der Waals surface area contributed by atoms with Crippen molar-refractivity contribution in [2.45, 2.75) is 38.8 Å². The van der Waals surface area contributed by atoms with Crippen molar-refractivity contribution in [3.05, 3.63) is 34.9 Å². The minimum Gasteiger partial charge on any atom is -0.381 e. The van der Waals surface area contributed by atoms with Crippen LogP contribution < -0.4 is 11.1 Å². The van der Waals surface area contributed by atoms with Gasteiger partial charge in [0.05, 0.1) is 5.54 Å². The van der Waals surface area contributed by atoms with Gasteiger partial charge in [0, 0.05) is 19.8 Å². The molecule has 1 fully saturated rings. The highest BCUT2D eigenvalue weighted by atomic mass is 16.5. The molecule has 0 atom stereocenters. The van der Waals surface area contributed by atoms with E-state index in [1.54, 1.807) is 0 Å². The van der Waals surface area contributed by atoms with Gasteiger partial charge in [-0.1, -0.05) is 23.8 Å². The van der Waals surface area contributed by atoms with Gasteiger partial charge in [0.15, 0.2) is 0 Å². The smallest absolute Gasteiger partial charge is 0.240 e. The van der Waals surface area contributed by atoms with Gasteiger partial charge >= 0.3 is 0 Å². The molecule has 0 saturated carbocycles. The number of benzene rings is 1. The third-order valence-electron chi connectivity index (χ3n) is 3.77. The Hall–Kier alpha value is -1.39. The Labute approximate surface area is 114 Å². The zero-order chi connectivity index (χ0) is 13.9. The van der Waals surface area contributed by atoms with E-state index in [0.29, 0.717) is 32.6 Å². The Bertz CT molecular complexity index is 465. The third-order valence-corrected chi connectivity index (χ3v) is 3.77. The Balaban J connectivity index is 1.96. The Kier molecular flexibility index (Phi) is 4.22. The molecule has 0 bridgehead atoms. The molecule has 1 aromatic rings. The van der Waals surface area contributed by atoms with E-state index in [1.165, 1.54) is 11.1 Å². The standard InChI is InChI=1S/C15H22N2O2/c1-11-3-4-13(12(2)9-11)10-17-14(18)15(16)5-7-19-8-6-15/h3-4,9H,5-8,10,16H2,1-2H3,(H,17,18). The summed E-state index contributed by atoms with van der Waals surface area (Å²) in [5.74, 6) is -0.0734. The van der Waals surface area contributed by atoms with Crippen LogP contribution in [0.1, 0.15) is 29.5 Å². The topological polar surface area (TPSA) is 64.4 Å². The summed E-state index contributed by atoms with van der Waals surface area (Å²) in [6.07, 6.45) is 1.18. The molecule has 1 heterocycles. The van der Waals surface area contributed by atoms with Gasteiger partial charge in [0.2, 0.25) is 5.91 Å². The SMILES string of the molecule is Cc1ccc(CNC(=O)C2(N)CCOCC2)c(C)c1. The minimum absolute atomic E-state index is 0.0734. The molecular formula is C15H22N2O2. The predicted molar refractivity (Wildman–Crippen MR) is 74.7 cm³/mol. The van der Waals surface area contributed by atoms with Crippen LogP contribution in [-0.2, 0) is 16.1 Å². The summed E-state index contributed by atoms with van der Waals surface area (Å²) in [6.45, 7) is 5.78. The summed E-state index contributed by atoms with van der Waals surface area (Å²) in [5.41, 5.74) is 8.93. The summed E-state index contributed by atoms with van der Waals surface area (Å²) < 4.78 is 5.25. The van der Waals surface area contributed by atoms with E-state index in [0.717, 1.165) is 5.56 Å². The molecule has 1 saturated heterocycles. The lowest BCUT2D eigenvalue weighted by molar-refractivity contribution is -0.129. The zero-order valence-electron chi connectivity index (χ0n) is 11.7. The predicted octanol–water partition coefficient (Wildman–Crippen LogP) is 1.43. The lowest BCUT2D eigenvalue weighted by atomic mass is 9.90. The fourth-order valence-electron chi connectivity index (χ4n) is 2.36. The van der Waals surface area contributed by atoms with E-state index in [9.17, 15) is 4.79 Å². The van der Waals surface area contributed by atoms with Crippen molar-refractivity contribution < 1.29 is 9.53 Å². The van der Waals surface area contributed by atoms with Crippen LogP contribution in [0.5, 0.6) is 0 Å². The van der Waals surface area contributed by atoms with Crippen molar-refractivity contribution in [1.29, 1.82) is 0 Å². The Morgan fingerprint density at radius 1 is 1.37 bits per heavy atom. The third kappa shape index (κ3) is 3.33. The van der Waals surface area contributed by atoms with Gasteiger partial charge in [-0.05, 0) is 37.8 Å². The highest BCUT2D eigenvalue weighted by Crippen LogP contribution is 2.18. The monoisotopic (exact) mass is 262 g/mol. The van der Waals surface area contributed by atoms with Crippen LogP contribution in [0.15, 0.2) is 18.2 Å². The molecule has 104 valence electrons. The second-order valence-corrected chi connectivity index (χ2v) is 5.38. The number of nitrogens with two attached hydrogens (primary N) is 1. The molecule has 0 aromatic heterocycles. The Morgan fingerprint density at radius 2 is 2.05 bits per heavy atom. The molecule has 1 amide bonds. The first kappa shape index (κ1) is 14.0. The molecule has 0 spiro atoms. The first-order valence-corrected chi connectivity index (χ1v) is 6.72. The fourth-order valence-corrected chi connectivity index (χ4v) is 2.36. The molecule has 1 aliphatic rings. The van der Waals surface area contributed by atoms with E-state index >= 15 is 0 Å². The normalized spacial score (nSPS) is 18.1. The highest BCUT2D eigenvalue weighted by Gasteiger charge is 2.35. The molecule has 1 aromatic carbocycles. The van der Waals surface area contributed by atoms with Crippen molar-refractivity contribution >= 4 is 5.91 Å². The van der Waals surface area contributed by atoms with E-state index < -0.39 is 5.54 Å². The quantitative estimate of drug-likeness (QED) is 0.866. The largest absolute Gasteiger partial charge is 0.381 e.